The van der Waals surface area contributed by atoms with Gasteiger partial charge in [0.15, 0.2) is 6.61 Å². The Morgan fingerprint density at radius 2 is 2.10 bits per heavy atom. The molecule has 1 unspecified atom stereocenters. The molecule has 8 nitrogen and oxygen atoms in total. The molecule has 1 fully saturated rings. The first kappa shape index (κ1) is 19.8. The molecule has 3 heterocycles. The highest BCUT2D eigenvalue weighted by molar-refractivity contribution is 7.98. The maximum absolute atomic E-state index is 12.4. The Bertz CT molecular complexity index is 865. The molecule has 2 aromatic rings. The van der Waals surface area contributed by atoms with Gasteiger partial charge in [-0.15, -0.1) is 0 Å². The van der Waals surface area contributed by atoms with E-state index in [9.17, 15) is 9.59 Å². The zero-order valence-electron chi connectivity index (χ0n) is 16.1. The number of benzene rings is 1. The topological polar surface area (TPSA) is 94.5 Å². The van der Waals surface area contributed by atoms with Crippen molar-refractivity contribution in [1.29, 1.82) is 0 Å². The van der Waals surface area contributed by atoms with Gasteiger partial charge in [-0.3, -0.25) is 9.59 Å². The number of fused-ring (bicyclic) bond motifs is 1. The predicted octanol–water partition coefficient (Wildman–Crippen LogP) is 1.94. The van der Waals surface area contributed by atoms with Gasteiger partial charge in [-0.05, 0) is 25.0 Å². The second kappa shape index (κ2) is 9.32. The summed E-state index contributed by atoms with van der Waals surface area (Å²) in [6, 6.07) is 9.17. The largest absolute Gasteiger partial charge is 0.484 e. The maximum atomic E-state index is 12.4. The molecular formula is C20H24N4O4S. The monoisotopic (exact) mass is 416 g/mol. The summed E-state index contributed by atoms with van der Waals surface area (Å²) in [5.41, 5.74) is 1.90. The van der Waals surface area contributed by atoms with Crippen LogP contribution in [0.5, 0.6) is 5.75 Å². The number of nitrogens with zero attached hydrogens (tertiary/aromatic N) is 2. The molecule has 2 amide bonds. The van der Waals surface area contributed by atoms with E-state index in [4.69, 9.17) is 9.47 Å². The summed E-state index contributed by atoms with van der Waals surface area (Å²) in [5.74, 6) is 2.33. The Kier molecular flexibility index (Phi) is 6.36. The third-order valence-electron chi connectivity index (χ3n) is 4.83. The molecule has 1 saturated heterocycles. The first-order chi connectivity index (χ1) is 14.2. The second-order valence-corrected chi connectivity index (χ2v) is 8.00. The van der Waals surface area contributed by atoms with Crippen LogP contribution in [-0.2, 0) is 32.4 Å². The number of carbonyl (C=O) groups is 2. The van der Waals surface area contributed by atoms with Crippen LogP contribution >= 0.6 is 11.8 Å². The van der Waals surface area contributed by atoms with Crippen molar-refractivity contribution in [2.24, 2.45) is 0 Å². The van der Waals surface area contributed by atoms with Crippen LogP contribution in [-0.4, -0.2) is 47.5 Å². The predicted molar refractivity (Wildman–Crippen MR) is 110 cm³/mol. The van der Waals surface area contributed by atoms with E-state index in [1.165, 1.54) is 0 Å². The third-order valence-corrected chi connectivity index (χ3v) is 5.80. The number of hydrogen-bond donors (Lipinski definition) is 2. The Morgan fingerprint density at radius 3 is 2.90 bits per heavy atom. The standard InChI is InChI=1S/C20H24N4O4S/c25-18(21-9-15-7-4-8-27-15)10-24-20(16-12-29-13-17(16)23-24)22-19(26)11-28-14-5-2-1-3-6-14/h1-3,5-6,15H,4,7-13H2,(H,21,25)(H,22,26). The number of thioether (sulfide) groups is 1. The van der Waals surface area contributed by atoms with Crippen molar-refractivity contribution in [1.82, 2.24) is 15.1 Å². The Balaban J connectivity index is 1.36. The molecule has 2 aliphatic rings. The number of para-hydroxylation sites is 1. The average molecular weight is 417 g/mol. The number of ether oxygens (including phenoxy) is 2. The van der Waals surface area contributed by atoms with Gasteiger partial charge in [0, 0.05) is 30.2 Å². The molecular weight excluding hydrogens is 392 g/mol. The lowest BCUT2D eigenvalue weighted by Crippen LogP contribution is -2.35. The van der Waals surface area contributed by atoms with Crippen LogP contribution in [0.1, 0.15) is 24.1 Å². The van der Waals surface area contributed by atoms with Gasteiger partial charge in [0.25, 0.3) is 5.91 Å². The zero-order valence-corrected chi connectivity index (χ0v) is 16.9. The first-order valence-corrected chi connectivity index (χ1v) is 10.9. The average Bonchev–Trinajstić information content (AvgIpc) is 3.46. The molecule has 1 atom stereocenters. The van der Waals surface area contributed by atoms with E-state index >= 15 is 0 Å². The van der Waals surface area contributed by atoms with Gasteiger partial charge in [0.1, 0.15) is 18.1 Å². The van der Waals surface area contributed by atoms with Crippen LogP contribution in [0.2, 0.25) is 0 Å². The van der Waals surface area contributed by atoms with E-state index in [-0.39, 0.29) is 31.1 Å². The van der Waals surface area contributed by atoms with Gasteiger partial charge in [0.05, 0.1) is 11.8 Å². The lowest BCUT2D eigenvalue weighted by Gasteiger charge is -2.13. The fraction of sp³-hybridized carbons (Fsp3) is 0.450. The van der Waals surface area contributed by atoms with Crippen LogP contribution in [0.15, 0.2) is 30.3 Å². The van der Waals surface area contributed by atoms with Crippen molar-refractivity contribution in [3.05, 3.63) is 41.6 Å². The van der Waals surface area contributed by atoms with Gasteiger partial charge in [-0.25, -0.2) is 4.68 Å². The molecule has 9 heteroatoms. The van der Waals surface area contributed by atoms with Gasteiger partial charge in [-0.1, -0.05) is 18.2 Å². The Labute approximate surface area is 173 Å². The number of hydrogen-bond acceptors (Lipinski definition) is 6. The fourth-order valence-electron chi connectivity index (χ4n) is 3.38. The van der Waals surface area contributed by atoms with Crippen LogP contribution in [0, 0.1) is 0 Å². The highest BCUT2D eigenvalue weighted by atomic mass is 32.2. The minimum absolute atomic E-state index is 0.0551. The zero-order chi connectivity index (χ0) is 20.1. The van der Waals surface area contributed by atoms with Crippen molar-refractivity contribution in [2.75, 3.05) is 25.1 Å². The molecule has 1 aromatic heterocycles. The third kappa shape index (κ3) is 5.10. The molecule has 4 rings (SSSR count). The van der Waals surface area contributed by atoms with Crippen LogP contribution in [0.25, 0.3) is 0 Å². The maximum Gasteiger partial charge on any atom is 0.263 e. The summed E-state index contributed by atoms with van der Waals surface area (Å²) in [6.07, 6.45) is 2.09. The number of nitrogens with one attached hydrogen (secondary N) is 2. The summed E-state index contributed by atoms with van der Waals surface area (Å²) in [4.78, 5) is 24.8. The van der Waals surface area contributed by atoms with Gasteiger partial charge < -0.3 is 20.1 Å². The summed E-state index contributed by atoms with van der Waals surface area (Å²) >= 11 is 1.74. The number of amides is 2. The molecule has 154 valence electrons. The minimum Gasteiger partial charge on any atom is -0.484 e. The molecule has 0 aliphatic carbocycles. The minimum atomic E-state index is -0.283. The first-order valence-electron chi connectivity index (χ1n) is 9.71. The summed E-state index contributed by atoms with van der Waals surface area (Å²) < 4.78 is 12.6. The molecule has 29 heavy (non-hydrogen) atoms. The van der Waals surface area contributed by atoms with Crippen molar-refractivity contribution in [2.45, 2.75) is 37.0 Å². The Hall–Kier alpha value is -2.52. The number of carbonyl (C=O) groups excluding carboxylic acids is 2. The highest BCUT2D eigenvalue weighted by Gasteiger charge is 2.25. The number of aromatic nitrogens is 2. The summed E-state index contributed by atoms with van der Waals surface area (Å²) in [6.45, 7) is 1.20. The van der Waals surface area contributed by atoms with Gasteiger partial charge >= 0.3 is 0 Å². The smallest absolute Gasteiger partial charge is 0.263 e. The van der Waals surface area contributed by atoms with E-state index in [1.54, 1.807) is 28.6 Å². The SMILES string of the molecule is O=C(Cn1nc2c(c1NC(=O)COc1ccccc1)CSC2)NCC1CCCO1. The van der Waals surface area contributed by atoms with Crippen molar-refractivity contribution in [3.8, 4) is 5.75 Å². The molecule has 1 aromatic carbocycles. The van der Waals surface area contributed by atoms with Gasteiger partial charge in [0.2, 0.25) is 5.91 Å². The second-order valence-electron chi connectivity index (χ2n) is 7.01. The normalized spacial score (nSPS) is 17.7. The van der Waals surface area contributed by atoms with Crippen molar-refractivity contribution < 1.29 is 19.1 Å². The molecule has 0 bridgehead atoms. The van der Waals surface area contributed by atoms with Crippen LogP contribution in [0.3, 0.4) is 0 Å². The van der Waals surface area contributed by atoms with Crippen molar-refractivity contribution >= 4 is 29.4 Å². The quantitative estimate of drug-likeness (QED) is 0.683. The fourth-order valence-corrected chi connectivity index (χ4v) is 4.41. The van der Waals surface area contributed by atoms with Gasteiger partial charge in [-0.2, -0.15) is 16.9 Å². The van der Waals surface area contributed by atoms with E-state index < -0.39 is 0 Å². The van der Waals surface area contributed by atoms with E-state index in [0.717, 1.165) is 42.2 Å². The van der Waals surface area contributed by atoms with Crippen molar-refractivity contribution in [3.63, 3.8) is 0 Å². The lowest BCUT2D eigenvalue weighted by molar-refractivity contribution is -0.122. The lowest BCUT2D eigenvalue weighted by atomic mass is 10.2. The summed E-state index contributed by atoms with van der Waals surface area (Å²) in [5, 5.41) is 10.3. The van der Waals surface area contributed by atoms with E-state index in [1.807, 2.05) is 18.2 Å². The molecule has 0 saturated carbocycles. The number of rotatable bonds is 8. The van der Waals surface area contributed by atoms with Crippen LogP contribution in [0.4, 0.5) is 5.82 Å². The number of anilines is 1. The highest BCUT2D eigenvalue weighted by Crippen LogP contribution is 2.34. The summed E-state index contributed by atoms with van der Waals surface area (Å²) in [7, 11) is 0. The molecule has 0 radical (unpaired) electrons. The van der Waals surface area contributed by atoms with E-state index in [0.29, 0.717) is 18.1 Å². The molecule has 2 N–H and O–H groups in total. The molecule has 2 aliphatic heterocycles. The van der Waals surface area contributed by atoms with E-state index in [2.05, 4.69) is 15.7 Å². The Morgan fingerprint density at radius 1 is 1.24 bits per heavy atom. The van der Waals surface area contributed by atoms with Crippen LogP contribution < -0.4 is 15.4 Å². The molecule has 0 spiro atoms.